The summed E-state index contributed by atoms with van der Waals surface area (Å²) in [6, 6.07) is 11.4. The van der Waals surface area contributed by atoms with E-state index in [1.807, 2.05) is 0 Å². The fourth-order valence-electron chi connectivity index (χ4n) is 3.35. The maximum Gasteiger partial charge on any atom is 0.135 e. The van der Waals surface area contributed by atoms with Gasteiger partial charge < -0.3 is 4.42 Å². The van der Waals surface area contributed by atoms with Crippen LogP contribution in [0.1, 0.15) is 23.1 Å². The molecule has 0 saturated heterocycles. The van der Waals surface area contributed by atoms with Crippen molar-refractivity contribution in [1.82, 2.24) is 0 Å². The van der Waals surface area contributed by atoms with Gasteiger partial charge in [0.15, 0.2) is 0 Å². The second kappa shape index (κ2) is 4.56. The van der Waals surface area contributed by atoms with Gasteiger partial charge in [-0.05, 0) is 72.4 Å². The molecule has 0 unspecified atom stereocenters. The molecular weight excluding hydrogens is 264 g/mol. The molecule has 1 aliphatic carbocycles. The molecule has 104 valence electrons. The average Bonchev–Trinajstić information content (AvgIpc) is 2.97. The highest BCUT2D eigenvalue weighted by molar-refractivity contribution is 8.15. The molecule has 1 aliphatic rings. The first-order chi connectivity index (χ1) is 9.70. The molecule has 2 aromatic carbocycles. The summed E-state index contributed by atoms with van der Waals surface area (Å²) < 4.78 is 6.11. The molecule has 0 atom stereocenters. The van der Waals surface area contributed by atoms with Crippen molar-refractivity contribution in [2.75, 3.05) is 12.5 Å². The van der Waals surface area contributed by atoms with Gasteiger partial charge in [0, 0.05) is 10.8 Å². The van der Waals surface area contributed by atoms with Gasteiger partial charge in [-0.2, -0.15) is 0 Å². The molecule has 0 saturated carbocycles. The Bertz CT molecular complexity index is 798. The predicted octanol–water partition coefficient (Wildman–Crippen LogP) is 4.84. The topological polar surface area (TPSA) is 13.1 Å². The third-order valence-corrected chi connectivity index (χ3v) is 5.25. The zero-order valence-corrected chi connectivity index (χ0v) is 13.0. The van der Waals surface area contributed by atoms with Gasteiger partial charge in [-0.25, -0.2) is 0 Å². The lowest BCUT2D eigenvalue weighted by Gasteiger charge is -2.08. The number of aryl methyl sites for hydroxylation is 2. The second-order valence-corrected chi connectivity index (χ2v) is 8.62. The number of fused-ring (bicyclic) bond motifs is 4. The molecule has 3 aromatic rings. The Kier molecular flexibility index (Phi) is 2.81. The highest BCUT2D eigenvalue weighted by Crippen LogP contribution is 2.35. The third-order valence-electron chi connectivity index (χ3n) is 4.25. The third kappa shape index (κ3) is 1.94. The van der Waals surface area contributed by atoms with Gasteiger partial charge in [0.25, 0.3) is 0 Å². The van der Waals surface area contributed by atoms with E-state index in [1.54, 1.807) is 0 Å². The van der Waals surface area contributed by atoms with Crippen LogP contribution in [0.15, 0.2) is 34.7 Å². The molecule has 0 spiro atoms. The molecule has 2 heteroatoms. The minimum absolute atomic E-state index is 0.0987. The van der Waals surface area contributed by atoms with Crippen molar-refractivity contribution >= 4 is 32.8 Å². The first-order valence-electron chi connectivity index (χ1n) is 7.32. The van der Waals surface area contributed by atoms with E-state index in [2.05, 4.69) is 42.8 Å². The van der Waals surface area contributed by atoms with Crippen molar-refractivity contribution in [3.8, 4) is 0 Å². The molecule has 20 heavy (non-hydrogen) atoms. The van der Waals surface area contributed by atoms with Crippen molar-refractivity contribution in [3.63, 3.8) is 0 Å². The lowest BCUT2D eigenvalue weighted by Crippen LogP contribution is -1.84. The van der Waals surface area contributed by atoms with Gasteiger partial charge in [0.05, 0.1) is 0 Å². The van der Waals surface area contributed by atoms with Crippen molar-refractivity contribution in [2.45, 2.75) is 25.0 Å². The zero-order valence-electron chi connectivity index (χ0n) is 12.1. The molecule has 0 bridgehead atoms. The standard InChI is InChI=1S/C18H20OS/c1-20(2)11-12-6-7-15-16-9-13-4-3-5-14(13)10-18(16)19-17(15)8-12/h6-10,20H,3-5,11H2,1-2H3. The van der Waals surface area contributed by atoms with Crippen LogP contribution in [0.25, 0.3) is 21.9 Å². The van der Waals surface area contributed by atoms with Crippen LogP contribution in [0.3, 0.4) is 0 Å². The maximum absolute atomic E-state index is 6.11. The number of hydrogen-bond donors (Lipinski definition) is 1. The molecular formula is C18H20OS. The minimum atomic E-state index is 0.0987. The lowest BCUT2D eigenvalue weighted by molar-refractivity contribution is 0.668. The second-order valence-electron chi connectivity index (χ2n) is 6.14. The molecule has 0 N–H and O–H groups in total. The van der Waals surface area contributed by atoms with Crippen molar-refractivity contribution in [1.29, 1.82) is 0 Å². The maximum atomic E-state index is 6.11. The molecule has 0 fully saturated rings. The van der Waals surface area contributed by atoms with Crippen LogP contribution in [0.2, 0.25) is 0 Å². The summed E-state index contributed by atoms with van der Waals surface area (Å²) in [4.78, 5) is 0. The fraction of sp³-hybridized carbons (Fsp3) is 0.333. The smallest absolute Gasteiger partial charge is 0.135 e. The Labute approximate surface area is 122 Å². The lowest BCUT2D eigenvalue weighted by atomic mass is 10.1. The van der Waals surface area contributed by atoms with Gasteiger partial charge in [-0.3, -0.25) is 10.9 Å². The van der Waals surface area contributed by atoms with E-state index in [1.165, 1.54) is 52.5 Å². The van der Waals surface area contributed by atoms with E-state index >= 15 is 0 Å². The van der Waals surface area contributed by atoms with Gasteiger partial charge >= 0.3 is 0 Å². The molecule has 0 radical (unpaired) electrons. The Morgan fingerprint density at radius 2 is 1.70 bits per heavy atom. The van der Waals surface area contributed by atoms with Crippen LogP contribution in [-0.4, -0.2) is 12.5 Å². The van der Waals surface area contributed by atoms with E-state index in [0.717, 1.165) is 11.2 Å². The Morgan fingerprint density at radius 3 is 2.50 bits per heavy atom. The molecule has 1 aromatic heterocycles. The number of furan rings is 1. The summed E-state index contributed by atoms with van der Waals surface area (Å²) in [7, 11) is 0.0987. The van der Waals surface area contributed by atoms with Crippen LogP contribution in [-0.2, 0) is 18.6 Å². The summed E-state index contributed by atoms with van der Waals surface area (Å²) in [5.74, 6) is 1.18. The van der Waals surface area contributed by atoms with E-state index in [0.29, 0.717) is 0 Å². The normalized spacial score (nSPS) is 15.0. The number of hydrogen-bond acceptors (Lipinski definition) is 1. The van der Waals surface area contributed by atoms with Crippen LogP contribution >= 0.6 is 10.9 Å². The van der Waals surface area contributed by atoms with E-state index in [-0.39, 0.29) is 10.9 Å². The highest BCUT2D eigenvalue weighted by atomic mass is 32.2. The largest absolute Gasteiger partial charge is 0.456 e. The van der Waals surface area contributed by atoms with Gasteiger partial charge in [-0.1, -0.05) is 12.1 Å². The number of thiol groups is 1. The van der Waals surface area contributed by atoms with Gasteiger partial charge in [0.1, 0.15) is 11.2 Å². The molecule has 4 rings (SSSR count). The molecule has 1 heterocycles. The van der Waals surface area contributed by atoms with E-state index in [9.17, 15) is 0 Å². The van der Waals surface area contributed by atoms with E-state index < -0.39 is 0 Å². The van der Waals surface area contributed by atoms with Gasteiger partial charge in [-0.15, -0.1) is 0 Å². The monoisotopic (exact) mass is 284 g/mol. The van der Waals surface area contributed by atoms with Crippen molar-refractivity contribution in [3.05, 3.63) is 47.0 Å². The molecule has 0 amide bonds. The highest BCUT2D eigenvalue weighted by Gasteiger charge is 2.15. The first kappa shape index (κ1) is 12.3. The van der Waals surface area contributed by atoms with Crippen molar-refractivity contribution < 1.29 is 4.42 Å². The number of rotatable bonds is 2. The van der Waals surface area contributed by atoms with Crippen LogP contribution in [0.5, 0.6) is 0 Å². The molecule has 0 aliphatic heterocycles. The van der Waals surface area contributed by atoms with Gasteiger partial charge in [0.2, 0.25) is 0 Å². The summed E-state index contributed by atoms with van der Waals surface area (Å²) in [6.07, 6.45) is 8.38. The first-order valence-corrected chi connectivity index (χ1v) is 9.74. The fourth-order valence-corrected chi connectivity index (χ4v) is 4.28. The van der Waals surface area contributed by atoms with Crippen molar-refractivity contribution in [2.24, 2.45) is 0 Å². The summed E-state index contributed by atoms with van der Waals surface area (Å²) in [5, 5.41) is 2.57. The Hall–Kier alpha value is -1.41. The Balaban J connectivity index is 1.91. The van der Waals surface area contributed by atoms with Crippen LogP contribution < -0.4 is 0 Å². The minimum Gasteiger partial charge on any atom is -0.456 e. The van der Waals surface area contributed by atoms with Crippen LogP contribution in [0, 0.1) is 0 Å². The summed E-state index contributed by atoms with van der Waals surface area (Å²) in [6.45, 7) is 0. The molecule has 1 nitrogen and oxygen atoms in total. The van der Waals surface area contributed by atoms with Crippen LogP contribution in [0.4, 0.5) is 0 Å². The zero-order chi connectivity index (χ0) is 13.7. The Morgan fingerprint density at radius 1 is 0.950 bits per heavy atom. The predicted molar refractivity (Wildman–Crippen MR) is 90.3 cm³/mol. The van der Waals surface area contributed by atoms with E-state index in [4.69, 9.17) is 4.42 Å². The summed E-state index contributed by atoms with van der Waals surface area (Å²) in [5.41, 5.74) is 6.53. The number of benzene rings is 2. The summed E-state index contributed by atoms with van der Waals surface area (Å²) >= 11 is 0. The average molecular weight is 284 g/mol. The quantitative estimate of drug-likeness (QED) is 0.665. The SMILES string of the molecule is C[SH](C)Cc1ccc2c(c1)oc1cc3c(cc12)CCC3.